The molecule has 0 saturated heterocycles. The molecule has 1 aromatic carbocycles. The first-order valence-electron chi connectivity index (χ1n) is 6.50. The molecular formula is C16H23NO. The molecule has 18 heavy (non-hydrogen) atoms. The van der Waals surface area contributed by atoms with E-state index in [4.69, 9.17) is 16.9 Å². The first-order chi connectivity index (χ1) is 8.58. The van der Waals surface area contributed by atoms with Crippen LogP contribution in [0, 0.1) is 26.2 Å². The van der Waals surface area contributed by atoms with Crippen molar-refractivity contribution in [2.75, 3.05) is 6.61 Å². The number of rotatable bonds is 6. The van der Waals surface area contributed by atoms with Crippen molar-refractivity contribution in [1.82, 2.24) is 0 Å². The lowest BCUT2D eigenvalue weighted by molar-refractivity contribution is 0.322. The van der Waals surface area contributed by atoms with Crippen LogP contribution in [0.25, 0.3) is 0 Å². The zero-order valence-corrected chi connectivity index (χ0v) is 11.6. The summed E-state index contributed by atoms with van der Waals surface area (Å²) in [6.07, 6.45) is 7.78. The third-order valence-corrected chi connectivity index (χ3v) is 3.04. The highest BCUT2D eigenvalue weighted by molar-refractivity contribution is 5.43. The lowest BCUT2D eigenvalue weighted by Gasteiger charge is -2.15. The molecule has 0 saturated carbocycles. The van der Waals surface area contributed by atoms with Crippen LogP contribution in [-0.2, 0) is 6.42 Å². The second-order valence-corrected chi connectivity index (χ2v) is 4.73. The zero-order chi connectivity index (χ0) is 13.5. The highest BCUT2D eigenvalue weighted by Gasteiger charge is 2.08. The molecule has 98 valence electrons. The van der Waals surface area contributed by atoms with E-state index in [9.17, 15) is 0 Å². The molecule has 1 atom stereocenters. The summed E-state index contributed by atoms with van der Waals surface area (Å²) in [6.45, 7) is 6.83. The van der Waals surface area contributed by atoms with E-state index in [0.717, 1.165) is 29.7 Å². The van der Waals surface area contributed by atoms with Gasteiger partial charge in [-0.1, -0.05) is 19.1 Å². The number of nitrogens with two attached hydrogens (primary N) is 1. The third kappa shape index (κ3) is 4.09. The minimum atomic E-state index is 0.233. The Hall–Kier alpha value is -1.46. The molecule has 1 rings (SSSR count). The number of benzene rings is 1. The maximum absolute atomic E-state index is 5.99. The van der Waals surface area contributed by atoms with Gasteiger partial charge < -0.3 is 10.5 Å². The molecule has 0 aliphatic carbocycles. The largest absolute Gasteiger partial charge is 0.492 e. The van der Waals surface area contributed by atoms with Crippen molar-refractivity contribution in [2.45, 2.75) is 46.1 Å². The molecule has 0 aromatic heterocycles. The van der Waals surface area contributed by atoms with E-state index >= 15 is 0 Å². The molecule has 2 nitrogen and oxygen atoms in total. The number of aryl methyl sites for hydroxylation is 2. The van der Waals surface area contributed by atoms with Crippen molar-refractivity contribution >= 4 is 0 Å². The summed E-state index contributed by atoms with van der Waals surface area (Å²) in [5.41, 5.74) is 9.58. The van der Waals surface area contributed by atoms with Gasteiger partial charge in [-0.25, -0.2) is 0 Å². The van der Waals surface area contributed by atoms with Gasteiger partial charge in [0.05, 0.1) is 6.61 Å². The summed E-state index contributed by atoms with van der Waals surface area (Å²) in [6, 6.07) is 4.55. The van der Waals surface area contributed by atoms with Crippen molar-refractivity contribution in [3.63, 3.8) is 0 Å². The molecule has 1 unspecified atom stereocenters. The molecule has 0 aliphatic rings. The van der Waals surface area contributed by atoms with Crippen LogP contribution in [0.1, 0.15) is 36.5 Å². The molecule has 0 spiro atoms. The number of ether oxygens (including phenoxy) is 1. The van der Waals surface area contributed by atoms with Crippen LogP contribution >= 0.6 is 0 Å². The highest BCUT2D eigenvalue weighted by atomic mass is 16.5. The smallest absolute Gasteiger partial charge is 0.125 e. The Morgan fingerprint density at radius 2 is 1.94 bits per heavy atom. The Labute approximate surface area is 111 Å². The Balaban J connectivity index is 2.81. The molecule has 0 amide bonds. The average Bonchev–Trinajstić information content (AvgIpc) is 2.32. The first-order valence-corrected chi connectivity index (χ1v) is 6.50. The van der Waals surface area contributed by atoms with E-state index in [1.54, 1.807) is 0 Å². The Morgan fingerprint density at radius 1 is 1.33 bits per heavy atom. The molecule has 2 heteroatoms. The summed E-state index contributed by atoms with van der Waals surface area (Å²) in [5, 5.41) is 0. The normalized spacial score (nSPS) is 11.9. The van der Waals surface area contributed by atoms with Gasteiger partial charge in [-0.2, -0.15) is 0 Å². The van der Waals surface area contributed by atoms with Gasteiger partial charge in [-0.3, -0.25) is 0 Å². The standard InChI is InChI=1S/C16H23NO/c1-5-7-8-18-16-12(3)9-14(10-13(16)4)11-15(17)6-2/h1,9-10,15H,6-8,11,17H2,2-4H3. The van der Waals surface area contributed by atoms with Gasteiger partial charge in [0.15, 0.2) is 0 Å². The summed E-state index contributed by atoms with van der Waals surface area (Å²) in [7, 11) is 0. The Kier molecular flexibility index (Phi) is 5.74. The van der Waals surface area contributed by atoms with Crippen LogP contribution in [0.3, 0.4) is 0 Å². The second kappa shape index (κ2) is 7.08. The summed E-state index contributed by atoms with van der Waals surface area (Å²) >= 11 is 0. The minimum absolute atomic E-state index is 0.233. The van der Waals surface area contributed by atoms with Crippen molar-refractivity contribution in [3.05, 3.63) is 28.8 Å². The molecule has 0 aliphatic heterocycles. The maximum atomic E-state index is 5.99. The lowest BCUT2D eigenvalue weighted by atomic mass is 9.99. The summed E-state index contributed by atoms with van der Waals surface area (Å²) < 4.78 is 5.72. The van der Waals surface area contributed by atoms with Crippen LogP contribution in [-0.4, -0.2) is 12.6 Å². The third-order valence-electron chi connectivity index (χ3n) is 3.04. The molecule has 0 radical (unpaired) electrons. The van der Waals surface area contributed by atoms with Gasteiger partial charge in [0, 0.05) is 12.5 Å². The van der Waals surface area contributed by atoms with E-state index < -0.39 is 0 Å². The summed E-state index contributed by atoms with van der Waals surface area (Å²) in [4.78, 5) is 0. The number of hydrogen-bond acceptors (Lipinski definition) is 2. The fourth-order valence-corrected chi connectivity index (χ4v) is 2.04. The quantitative estimate of drug-likeness (QED) is 0.617. The predicted octanol–water partition coefficient (Wildman–Crippen LogP) is 2.99. The monoisotopic (exact) mass is 245 g/mol. The van der Waals surface area contributed by atoms with Gasteiger partial charge in [-0.15, -0.1) is 12.3 Å². The topological polar surface area (TPSA) is 35.2 Å². The van der Waals surface area contributed by atoms with Crippen molar-refractivity contribution in [3.8, 4) is 18.1 Å². The van der Waals surface area contributed by atoms with Crippen molar-refractivity contribution in [2.24, 2.45) is 5.73 Å². The van der Waals surface area contributed by atoms with Gasteiger partial charge in [-0.05, 0) is 43.4 Å². The predicted molar refractivity (Wildman–Crippen MR) is 76.8 cm³/mol. The molecule has 0 fully saturated rings. The van der Waals surface area contributed by atoms with Gasteiger partial charge in [0.2, 0.25) is 0 Å². The van der Waals surface area contributed by atoms with Gasteiger partial charge in [0.25, 0.3) is 0 Å². The van der Waals surface area contributed by atoms with E-state index in [2.05, 4.69) is 38.8 Å². The minimum Gasteiger partial charge on any atom is -0.492 e. The van der Waals surface area contributed by atoms with Crippen molar-refractivity contribution in [1.29, 1.82) is 0 Å². The fourth-order valence-electron chi connectivity index (χ4n) is 2.04. The van der Waals surface area contributed by atoms with E-state index in [1.807, 2.05) is 0 Å². The fraction of sp³-hybridized carbons (Fsp3) is 0.500. The van der Waals surface area contributed by atoms with Crippen LogP contribution in [0.15, 0.2) is 12.1 Å². The molecule has 1 aromatic rings. The molecular weight excluding hydrogens is 222 g/mol. The Bertz CT molecular complexity index is 408. The van der Waals surface area contributed by atoms with Gasteiger partial charge >= 0.3 is 0 Å². The first kappa shape index (κ1) is 14.6. The zero-order valence-electron chi connectivity index (χ0n) is 11.6. The van der Waals surface area contributed by atoms with E-state index in [-0.39, 0.29) is 6.04 Å². The molecule has 0 bridgehead atoms. The van der Waals surface area contributed by atoms with Gasteiger partial charge in [0.1, 0.15) is 5.75 Å². The SMILES string of the molecule is C#CCCOc1c(C)cc(CC(N)CC)cc1C. The second-order valence-electron chi connectivity index (χ2n) is 4.73. The number of hydrogen-bond donors (Lipinski definition) is 1. The average molecular weight is 245 g/mol. The van der Waals surface area contributed by atoms with E-state index in [1.165, 1.54) is 5.56 Å². The van der Waals surface area contributed by atoms with Crippen LogP contribution in [0.5, 0.6) is 5.75 Å². The highest BCUT2D eigenvalue weighted by Crippen LogP contribution is 2.25. The molecule has 2 N–H and O–H groups in total. The molecule has 0 heterocycles. The number of terminal acetylenes is 1. The maximum Gasteiger partial charge on any atom is 0.125 e. The lowest BCUT2D eigenvalue weighted by Crippen LogP contribution is -2.21. The van der Waals surface area contributed by atoms with Crippen LogP contribution in [0.4, 0.5) is 0 Å². The summed E-state index contributed by atoms with van der Waals surface area (Å²) in [5.74, 6) is 3.54. The van der Waals surface area contributed by atoms with E-state index in [0.29, 0.717) is 13.0 Å². The Morgan fingerprint density at radius 3 is 2.44 bits per heavy atom. The van der Waals surface area contributed by atoms with Crippen molar-refractivity contribution < 1.29 is 4.74 Å². The van der Waals surface area contributed by atoms with Crippen LogP contribution in [0.2, 0.25) is 0 Å². The van der Waals surface area contributed by atoms with Crippen LogP contribution < -0.4 is 10.5 Å².